The van der Waals surface area contributed by atoms with Crippen molar-refractivity contribution in [3.63, 3.8) is 0 Å². The topological polar surface area (TPSA) is 77.4 Å². The minimum absolute atomic E-state index is 0.0732. The molecule has 0 amide bonds. The van der Waals surface area contributed by atoms with Gasteiger partial charge < -0.3 is 9.30 Å². The Morgan fingerprint density at radius 2 is 1.90 bits per heavy atom. The summed E-state index contributed by atoms with van der Waals surface area (Å²) >= 11 is 0. The van der Waals surface area contributed by atoms with Crippen LogP contribution in [0.15, 0.2) is 47.4 Å². The van der Waals surface area contributed by atoms with E-state index in [-0.39, 0.29) is 11.7 Å². The number of pyridine rings is 1. The van der Waals surface area contributed by atoms with Crippen LogP contribution in [0, 0.1) is 0 Å². The van der Waals surface area contributed by atoms with Crippen LogP contribution in [-0.4, -0.2) is 25.3 Å². The maximum Gasteiger partial charge on any atom is 0.258 e. The molecular weight excluding hydrogens is 388 g/mol. The van der Waals surface area contributed by atoms with Crippen LogP contribution in [0.3, 0.4) is 0 Å². The average molecular weight is 413 g/mol. The summed E-state index contributed by atoms with van der Waals surface area (Å²) in [6.07, 6.45) is 5.65. The Morgan fingerprint density at radius 1 is 1.17 bits per heavy atom. The smallest absolute Gasteiger partial charge is 0.258 e. The lowest BCUT2D eigenvalue weighted by molar-refractivity contribution is 0.170. The average Bonchev–Trinajstić information content (AvgIpc) is 2.68. The van der Waals surface area contributed by atoms with E-state index in [9.17, 15) is 13.2 Å². The summed E-state index contributed by atoms with van der Waals surface area (Å²) in [6, 6.07) is 11.1. The molecular formula is C22H24N2O4S. The van der Waals surface area contributed by atoms with Gasteiger partial charge in [0.05, 0.1) is 12.4 Å². The van der Waals surface area contributed by atoms with E-state index in [1.807, 2.05) is 30.3 Å². The van der Waals surface area contributed by atoms with Crippen molar-refractivity contribution in [2.75, 3.05) is 11.0 Å². The molecule has 1 aliphatic rings. The molecule has 0 spiro atoms. The highest BCUT2D eigenvalue weighted by atomic mass is 32.2. The number of benzene rings is 2. The lowest BCUT2D eigenvalue weighted by Crippen LogP contribution is -2.23. The Kier molecular flexibility index (Phi) is 4.86. The molecule has 2 heterocycles. The number of sulfonamides is 1. The van der Waals surface area contributed by atoms with E-state index in [1.165, 1.54) is 0 Å². The van der Waals surface area contributed by atoms with Gasteiger partial charge in [-0.25, -0.2) is 8.42 Å². The molecule has 6 nitrogen and oxygen atoms in total. The van der Waals surface area contributed by atoms with Crippen molar-refractivity contribution in [1.82, 2.24) is 4.57 Å². The number of ether oxygens (including phenoxy) is 1. The minimum Gasteiger partial charge on any atom is -0.489 e. The predicted molar refractivity (Wildman–Crippen MR) is 116 cm³/mol. The molecule has 1 aromatic heterocycles. The van der Waals surface area contributed by atoms with Gasteiger partial charge in [-0.1, -0.05) is 25.1 Å². The second-order valence-corrected chi connectivity index (χ2v) is 9.33. The molecule has 1 unspecified atom stereocenters. The lowest BCUT2D eigenvalue weighted by Gasteiger charge is -2.28. The summed E-state index contributed by atoms with van der Waals surface area (Å²) in [5, 5.41) is 1.43. The summed E-state index contributed by atoms with van der Waals surface area (Å²) in [7, 11) is -1.70. The van der Waals surface area contributed by atoms with Gasteiger partial charge in [0.1, 0.15) is 5.75 Å². The third-order valence-corrected chi connectivity index (χ3v) is 5.93. The van der Waals surface area contributed by atoms with Crippen molar-refractivity contribution in [1.29, 1.82) is 0 Å². The summed E-state index contributed by atoms with van der Waals surface area (Å²) in [5.41, 5.74) is 3.02. The van der Waals surface area contributed by atoms with E-state index in [4.69, 9.17) is 4.74 Å². The Morgan fingerprint density at radius 3 is 2.59 bits per heavy atom. The van der Waals surface area contributed by atoms with Gasteiger partial charge in [0, 0.05) is 35.4 Å². The quantitative estimate of drug-likeness (QED) is 0.709. The van der Waals surface area contributed by atoms with Crippen LogP contribution in [0.4, 0.5) is 5.69 Å². The maximum absolute atomic E-state index is 12.6. The number of aromatic nitrogens is 1. The zero-order chi connectivity index (χ0) is 20.8. The van der Waals surface area contributed by atoms with E-state index in [0.29, 0.717) is 11.1 Å². The van der Waals surface area contributed by atoms with Crippen LogP contribution in [0.25, 0.3) is 21.9 Å². The number of fused-ring (bicyclic) bond motifs is 2. The van der Waals surface area contributed by atoms with Crippen LogP contribution in [0.5, 0.6) is 5.75 Å². The highest BCUT2D eigenvalue weighted by Crippen LogP contribution is 2.42. The van der Waals surface area contributed by atoms with Gasteiger partial charge in [0.25, 0.3) is 5.56 Å². The van der Waals surface area contributed by atoms with Gasteiger partial charge in [-0.2, -0.15) is 0 Å². The summed E-state index contributed by atoms with van der Waals surface area (Å²) in [6.45, 7) is 2.09. The third kappa shape index (κ3) is 3.74. The number of hydrogen-bond acceptors (Lipinski definition) is 4. The van der Waals surface area contributed by atoms with E-state index < -0.39 is 10.0 Å². The second kappa shape index (κ2) is 7.22. The first-order chi connectivity index (χ1) is 13.8. The molecule has 29 heavy (non-hydrogen) atoms. The second-order valence-electron chi connectivity index (χ2n) is 7.58. The van der Waals surface area contributed by atoms with Gasteiger partial charge in [-0.3, -0.25) is 9.52 Å². The molecule has 0 saturated carbocycles. The van der Waals surface area contributed by atoms with Gasteiger partial charge in [0.2, 0.25) is 10.0 Å². The normalized spacial score (nSPS) is 16.3. The predicted octanol–water partition coefficient (Wildman–Crippen LogP) is 3.68. The summed E-state index contributed by atoms with van der Waals surface area (Å²) in [4.78, 5) is 12.6. The van der Waals surface area contributed by atoms with Crippen molar-refractivity contribution in [3.8, 4) is 16.9 Å². The fraction of sp³-hybridized carbons (Fsp3) is 0.318. The van der Waals surface area contributed by atoms with Crippen molar-refractivity contribution >= 4 is 26.5 Å². The molecule has 0 saturated heterocycles. The van der Waals surface area contributed by atoms with Crippen molar-refractivity contribution in [2.24, 2.45) is 7.05 Å². The Hall–Kier alpha value is -2.80. The fourth-order valence-electron chi connectivity index (χ4n) is 3.95. The molecule has 152 valence electrons. The molecule has 0 bridgehead atoms. The Balaban J connectivity index is 2.02. The molecule has 1 atom stereocenters. The Bertz CT molecular complexity index is 1260. The molecule has 0 radical (unpaired) electrons. The highest BCUT2D eigenvalue weighted by molar-refractivity contribution is 7.92. The number of rotatable bonds is 4. The molecule has 1 aliphatic heterocycles. The standard InChI is InChI=1S/C22H24N2O4S/c1-4-16-10-9-14-11-15(23-29(3,26)27)12-19(21(14)28-16)20-13-24(2)22(25)18-8-6-5-7-17(18)20/h5-8,11-13,16,23H,4,9-10H2,1-3H3. The number of anilines is 1. The third-order valence-electron chi connectivity index (χ3n) is 5.33. The van der Waals surface area contributed by atoms with Crippen molar-refractivity contribution in [2.45, 2.75) is 32.3 Å². The van der Waals surface area contributed by atoms with E-state index >= 15 is 0 Å². The number of aryl methyl sites for hydroxylation is 2. The summed E-state index contributed by atoms with van der Waals surface area (Å²) < 4.78 is 34.1. The first-order valence-corrected chi connectivity index (χ1v) is 11.6. The van der Waals surface area contributed by atoms with Crippen LogP contribution in [-0.2, 0) is 23.5 Å². The molecule has 0 fully saturated rings. The first kappa shape index (κ1) is 19.5. The maximum atomic E-state index is 12.6. The van der Waals surface area contributed by atoms with Gasteiger partial charge in [-0.15, -0.1) is 0 Å². The van der Waals surface area contributed by atoms with Crippen LogP contribution in [0.1, 0.15) is 25.3 Å². The number of nitrogens with one attached hydrogen (secondary N) is 1. The van der Waals surface area contributed by atoms with Crippen molar-refractivity contribution < 1.29 is 13.2 Å². The van der Waals surface area contributed by atoms with Gasteiger partial charge in [-0.05, 0) is 48.4 Å². The minimum atomic E-state index is -3.42. The molecule has 3 aromatic rings. The lowest BCUT2D eigenvalue weighted by atomic mass is 9.93. The van der Waals surface area contributed by atoms with E-state index in [2.05, 4.69) is 11.6 Å². The number of nitrogens with zero attached hydrogens (tertiary/aromatic N) is 1. The van der Waals surface area contributed by atoms with Gasteiger partial charge >= 0.3 is 0 Å². The van der Waals surface area contributed by atoms with Crippen LogP contribution in [0.2, 0.25) is 0 Å². The molecule has 2 aromatic carbocycles. The molecule has 0 aliphatic carbocycles. The zero-order valence-corrected chi connectivity index (χ0v) is 17.5. The SMILES string of the molecule is CCC1CCc2cc(NS(C)(=O)=O)cc(-c3cn(C)c(=O)c4ccccc34)c2O1. The molecule has 7 heteroatoms. The van der Waals surface area contributed by atoms with Gasteiger partial charge in [0.15, 0.2) is 0 Å². The molecule has 4 rings (SSSR count). The molecule has 1 N–H and O–H groups in total. The fourth-order valence-corrected chi connectivity index (χ4v) is 4.49. The van der Waals surface area contributed by atoms with Crippen LogP contribution < -0.4 is 15.0 Å². The van der Waals surface area contributed by atoms with E-state index in [1.54, 1.807) is 23.9 Å². The summed E-state index contributed by atoms with van der Waals surface area (Å²) in [5.74, 6) is 0.769. The van der Waals surface area contributed by atoms with Crippen LogP contribution >= 0.6 is 0 Å². The monoisotopic (exact) mass is 412 g/mol. The Labute approximate surface area is 170 Å². The highest BCUT2D eigenvalue weighted by Gasteiger charge is 2.24. The zero-order valence-electron chi connectivity index (χ0n) is 16.7. The first-order valence-electron chi connectivity index (χ1n) is 9.67. The van der Waals surface area contributed by atoms with Crippen molar-refractivity contribution in [3.05, 3.63) is 58.5 Å². The van der Waals surface area contributed by atoms with E-state index in [0.717, 1.165) is 53.3 Å². The largest absolute Gasteiger partial charge is 0.489 e. The number of hydrogen-bond donors (Lipinski definition) is 1.